The van der Waals surface area contributed by atoms with Crippen LogP contribution in [0.15, 0.2) is 12.5 Å². The molecule has 0 aliphatic carbocycles. The molecule has 0 bridgehead atoms. The van der Waals surface area contributed by atoms with E-state index < -0.39 is 5.60 Å². The molecule has 0 saturated carbocycles. The van der Waals surface area contributed by atoms with Gasteiger partial charge in [0.25, 0.3) is 11.7 Å². The molecule has 1 N–H and O–H groups in total. The Morgan fingerprint density at radius 2 is 2.10 bits per heavy atom. The number of piperidine rings is 1. The Bertz CT molecular complexity index is 669. The van der Waals surface area contributed by atoms with E-state index in [0.717, 1.165) is 5.69 Å². The maximum absolute atomic E-state index is 12.7. The lowest BCUT2D eigenvalue weighted by Crippen LogP contribution is -2.45. The Labute approximate surface area is 122 Å². The molecule has 0 unspecified atom stereocenters. The number of carbonyl (C=O) groups is 1. The normalized spacial score (nSPS) is 18.1. The van der Waals surface area contributed by atoms with Gasteiger partial charge >= 0.3 is 0 Å². The van der Waals surface area contributed by atoms with Crippen LogP contribution >= 0.6 is 0 Å². The molecule has 2 aromatic heterocycles. The van der Waals surface area contributed by atoms with Gasteiger partial charge in [0.15, 0.2) is 0 Å². The summed E-state index contributed by atoms with van der Waals surface area (Å²) in [5.74, 6) is 0.456. The highest BCUT2D eigenvalue weighted by atomic mass is 16.3. The fraction of sp³-hybridized carbons (Fsp3) is 0.571. The molecule has 112 valence electrons. The molecule has 2 aromatic rings. The molecule has 3 rings (SSSR count). The molecule has 1 amide bonds. The van der Waals surface area contributed by atoms with E-state index in [1.165, 1.54) is 6.33 Å². The van der Waals surface area contributed by atoms with Crippen molar-refractivity contribution in [2.45, 2.75) is 38.7 Å². The SMILES string of the molecule is CCc1c(C(=O)N2CCC(C)(O)CC2)cnc2ncnn12. The number of aromatic nitrogens is 4. The van der Waals surface area contributed by atoms with Gasteiger partial charge in [-0.15, -0.1) is 0 Å². The first kappa shape index (κ1) is 13.9. The molecular weight excluding hydrogens is 270 g/mol. The summed E-state index contributed by atoms with van der Waals surface area (Å²) in [5, 5.41) is 14.1. The van der Waals surface area contributed by atoms with Crippen LogP contribution in [0.3, 0.4) is 0 Å². The van der Waals surface area contributed by atoms with Crippen molar-refractivity contribution in [2.75, 3.05) is 13.1 Å². The molecular formula is C14H19N5O2. The quantitative estimate of drug-likeness (QED) is 0.878. The number of fused-ring (bicyclic) bond motifs is 1. The van der Waals surface area contributed by atoms with Gasteiger partial charge < -0.3 is 10.0 Å². The van der Waals surface area contributed by atoms with Gasteiger partial charge in [-0.1, -0.05) is 6.92 Å². The third kappa shape index (κ3) is 2.49. The molecule has 0 atom stereocenters. The molecule has 3 heterocycles. The zero-order valence-electron chi connectivity index (χ0n) is 12.3. The number of hydrogen-bond donors (Lipinski definition) is 1. The van der Waals surface area contributed by atoms with Gasteiger partial charge in [0.1, 0.15) is 6.33 Å². The number of aryl methyl sites for hydroxylation is 1. The van der Waals surface area contributed by atoms with Crippen molar-refractivity contribution in [3.8, 4) is 0 Å². The van der Waals surface area contributed by atoms with Crippen LogP contribution in [-0.4, -0.2) is 54.2 Å². The number of rotatable bonds is 2. The molecule has 7 nitrogen and oxygen atoms in total. The predicted molar refractivity (Wildman–Crippen MR) is 75.9 cm³/mol. The lowest BCUT2D eigenvalue weighted by Gasteiger charge is -2.36. The Hall–Kier alpha value is -2.02. The smallest absolute Gasteiger partial charge is 0.257 e. The van der Waals surface area contributed by atoms with E-state index in [4.69, 9.17) is 0 Å². The standard InChI is InChI=1S/C14H19N5O2/c1-3-11-10(8-15-13-16-9-17-19(11)13)12(20)18-6-4-14(2,21)5-7-18/h8-9,21H,3-7H2,1-2H3. The predicted octanol–water partition coefficient (Wildman–Crippen LogP) is 0.674. The molecule has 1 fully saturated rings. The van der Waals surface area contributed by atoms with E-state index in [1.807, 2.05) is 13.8 Å². The largest absolute Gasteiger partial charge is 0.390 e. The molecule has 7 heteroatoms. The summed E-state index contributed by atoms with van der Waals surface area (Å²) in [6.07, 6.45) is 4.89. The Kier molecular flexibility index (Phi) is 3.36. The van der Waals surface area contributed by atoms with Crippen LogP contribution in [0, 0.1) is 0 Å². The van der Waals surface area contributed by atoms with E-state index in [2.05, 4.69) is 15.1 Å². The number of nitrogens with zero attached hydrogens (tertiary/aromatic N) is 5. The minimum Gasteiger partial charge on any atom is -0.390 e. The topological polar surface area (TPSA) is 83.6 Å². The van der Waals surface area contributed by atoms with Crippen molar-refractivity contribution in [3.63, 3.8) is 0 Å². The van der Waals surface area contributed by atoms with Gasteiger partial charge in [-0.3, -0.25) is 4.79 Å². The first-order valence-corrected chi connectivity index (χ1v) is 7.21. The van der Waals surface area contributed by atoms with Crippen molar-refractivity contribution in [1.82, 2.24) is 24.5 Å². The number of aliphatic hydroxyl groups is 1. The second kappa shape index (κ2) is 5.07. The zero-order valence-corrected chi connectivity index (χ0v) is 12.3. The second-order valence-electron chi connectivity index (χ2n) is 5.73. The highest BCUT2D eigenvalue weighted by Gasteiger charge is 2.31. The van der Waals surface area contributed by atoms with Crippen LogP contribution in [0.5, 0.6) is 0 Å². The molecule has 0 aromatic carbocycles. The lowest BCUT2D eigenvalue weighted by atomic mass is 9.93. The summed E-state index contributed by atoms with van der Waals surface area (Å²) < 4.78 is 1.62. The van der Waals surface area contributed by atoms with Crippen molar-refractivity contribution in [1.29, 1.82) is 0 Å². The Balaban J connectivity index is 1.91. The van der Waals surface area contributed by atoms with Crippen LogP contribution in [0.2, 0.25) is 0 Å². The van der Waals surface area contributed by atoms with E-state index in [9.17, 15) is 9.90 Å². The summed E-state index contributed by atoms with van der Waals surface area (Å²) in [6.45, 7) is 4.91. The fourth-order valence-corrected chi connectivity index (χ4v) is 2.71. The van der Waals surface area contributed by atoms with Crippen LogP contribution in [0.4, 0.5) is 0 Å². The summed E-state index contributed by atoms with van der Waals surface area (Å²) in [6, 6.07) is 0. The maximum Gasteiger partial charge on any atom is 0.257 e. The van der Waals surface area contributed by atoms with Gasteiger partial charge in [-0.05, 0) is 26.2 Å². The van der Waals surface area contributed by atoms with Crippen LogP contribution in [0.1, 0.15) is 42.7 Å². The fourth-order valence-electron chi connectivity index (χ4n) is 2.71. The van der Waals surface area contributed by atoms with Crippen molar-refractivity contribution in [3.05, 3.63) is 23.8 Å². The van der Waals surface area contributed by atoms with E-state index >= 15 is 0 Å². The minimum absolute atomic E-state index is 0.0488. The molecule has 0 radical (unpaired) electrons. The summed E-state index contributed by atoms with van der Waals surface area (Å²) >= 11 is 0. The number of likely N-dealkylation sites (tertiary alicyclic amines) is 1. The molecule has 1 saturated heterocycles. The minimum atomic E-state index is -0.668. The molecule has 21 heavy (non-hydrogen) atoms. The van der Waals surface area contributed by atoms with Crippen molar-refractivity contribution in [2.24, 2.45) is 0 Å². The van der Waals surface area contributed by atoms with Gasteiger partial charge in [0.2, 0.25) is 0 Å². The van der Waals surface area contributed by atoms with Gasteiger partial charge in [-0.2, -0.15) is 10.1 Å². The highest BCUT2D eigenvalue weighted by Crippen LogP contribution is 2.23. The molecule has 0 spiro atoms. The average molecular weight is 289 g/mol. The van der Waals surface area contributed by atoms with E-state index in [1.54, 1.807) is 15.6 Å². The van der Waals surface area contributed by atoms with Crippen LogP contribution in [0.25, 0.3) is 5.78 Å². The highest BCUT2D eigenvalue weighted by molar-refractivity contribution is 5.95. The molecule has 1 aliphatic rings. The third-order valence-electron chi connectivity index (χ3n) is 4.10. The average Bonchev–Trinajstić information content (AvgIpc) is 2.94. The second-order valence-corrected chi connectivity index (χ2v) is 5.73. The van der Waals surface area contributed by atoms with E-state index in [0.29, 0.717) is 43.7 Å². The first-order chi connectivity index (χ1) is 10.0. The Morgan fingerprint density at radius 1 is 1.38 bits per heavy atom. The maximum atomic E-state index is 12.7. The number of carbonyl (C=O) groups excluding carboxylic acids is 1. The zero-order chi connectivity index (χ0) is 15.0. The third-order valence-corrected chi connectivity index (χ3v) is 4.10. The monoisotopic (exact) mass is 289 g/mol. The van der Waals surface area contributed by atoms with Crippen LogP contribution < -0.4 is 0 Å². The first-order valence-electron chi connectivity index (χ1n) is 7.21. The summed E-state index contributed by atoms with van der Waals surface area (Å²) in [4.78, 5) is 22.7. The molecule has 1 aliphatic heterocycles. The lowest BCUT2D eigenvalue weighted by molar-refractivity contribution is -0.00208. The van der Waals surface area contributed by atoms with E-state index in [-0.39, 0.29) is 5.91 Å². The summed E-state index contributed by atoms with van der Waals surface area (Å²) in [5.41, 5.74) is 0.718. The Morgan fingerprint density at radius 3 is 2.76 bits per heavy atom. The van der Waals surface area contributed by atoms with Crippen LogP contribution in [-0.2, 0) is 6.42 Å². The number of amides is 1. The van der Waals surface area contributed by atoms with Crippen molar-refractivity contribution < 1.29 is 9.90 Å². The van der Waals surface area contributed by atoms with Gasteiger partial charge in [-0.25, -0.2) is 9.50 Å². The van der Waals surface area contributed by atoms with Crippen molar-refractivity contribution >= 4 is 11.7 Å². The number of hydrogen-bond acceptors (Lipinski definition) is 5. The van der Waals surface area contributed by atoms with Gasteiger partial charge in [0, 0.05) is 19.3 Å². The summed E-state index contributed by atoms with van der Waals surface area (Å²) in [7, 11) is 0. The van der Waals surface area contributed by atoms with Gasteiger partial charge in [0.05, 0.1) is 16.9 Å².